The van der Waals surface area contributed by atoms with E-state index in [2.05, 4.69) is 10.3 Å². The number of thiophene rings is 1. The summed E-state index contributed by atoms with van der Waals surface area (Å²) < 4.78 is 2.69. The van der Waals surface area contributed by atoms with Crippen molar-refractivity contribution in [2.45, 2.75) is 18.9 Å². The molecule has 22 heavy (non-hydrogen) atoms. The zero-order valence-corrected chi connectivity index (χ0v) is 14.2. The maximum absolute atomic E-state index is 12.9. The summed E-state index contributed by atoms with van der Waals surface area (Å²) in [5, 5.41) is 3.35. The van der Waals surface area contributed by atoms with E-state index in [1.807, 2.05) is 41.8 Å². The van der Waals surface area contributed by atoms with Crippen LogP contribution in [0.4, 0.5) is 0 Å². The minimum absolute atomic E-state index is 0.0286. The van der Waals surface area contributed by atoms with E-state index in [4.69, 9.17) is 11.6 Å². The molecule has 2 aromatic rings. The van der Waals surface area contributed by atoms with Crippen LogP contribution in [0.2, 0.25) is 4.34 Å². The van der Waals surface area contributed by atoms with Gasteiger partial charge in [-0.3, -0.25) is 4.79 Å². The van der Waals surface area contributed by atoms with Gasteiger partial charge in [-0.15, -0.1) is 11.3 Å². The molecule has 0 aromatic carbocycles. The van der Waals surface area contributed by atoms with Gasteiger partial charge in [0, 0.05) is 44.0 Å². The van der Waals surface area contributed by atoms with Crippen LogP contribution in [0.25, 0.3) is 0 Å². The van der Waals surface area contributed by atoms with Gasteiger partial charge >= 0.3 is 0 Å². The first-order valence-electron chi connectivity index (χ1n) is 7.31. The third-order valence-corrected chi connectivity index (χ3v) is 5.49. The van der Waals surface area contributed by atoms with Crippen molar-refractivity contribution < 1.29 is 4.79 Å². The molecule has 1 aliphatic rings. The summed E-state index contributed by atoms with van der Waals surface area (Å²) in [6, 6.07) is 3.76. The first-order valence-corrected chi connectivity index (χ1v) is 8.51. The highest BCUT2D eigenvalue weighted by atomic mass is 35.5. The number of nitrogens with zero attached hydrogens (tertiary/aromatic N) is 3. The van der Waals surface area contributed by atoms with Crippen molar-refractivity contribution in [2.75, 3.05) is 19.6 Å². The van der Waals surface area contributed by atoms with Crippen molar-refractivity contribution in [3.05, 3.63) is 39.6 Å². The number of nitrogens with one attached hydrogen (secondary N) is 1. The van der Waals surface area contributed by atoms with Crippen LogP contribution >= 0.6 is 22.9 Å². The lowest BCUT2D eigenvalue weighted by Crippen LogP contribution is -2.50. The predicted molar refractivity (Wildman–Crippen MR) is 88.3 cm³/mol. The molecular formula is C15H19ClN4OS. The van der Waals surface area contributed by atoms with E-state index in [1.54, 1.807) is 6.20 Å². The van der Waals surface area contributed by atoms with Crippen molar-refractivity contribution in [3.8, 4) is 0 Å². The Bertz CT molecular complexity index is 668. The summed E-state index contributed by atoms with van der Waals surface area (Å²) >= 11 is 7.47. The standard InChI is InChI=1S/C15H19ClN4OS/c1-10(12-3-4-13(16)22-12)15(21)20-8-5-17-9-11(20)14-18-6-7-19(14)2/h3-4,6-7,10-11,17H,5,8-9H2,1-2H3. The highest BCUT2D eigenvalue weighted by molar-refractivity contribution is 7.16. The van der Waals surface area contributed by atoms with E-state index in [1.165, 1.54) is 11.3 Å². The number of hydrogen-bond donors (Lipinski definition) is 1. The van der Waals surface area contributed by atoms with Gasteiger partial charge in [0.15, 0.2) is 0 Å². The average molecular weight is 339 g/mol. The van der Waals surface area contributed by atoms with E-state index in [0.29, 0.717) is 6.54 Å². The topological polar surface area (TPSA) is 50.2 Å². The smallest absolute Gasteiger partial charge is 0.231 e. The van der Waals surface area contributed by atoms with Crippen LogP contribution in [-0.4, -0.2) is 40.0 Å². The molecule has 2 aromatic heterocycles. The average Bonchev–Trinajstić information content (AvgIpc) is 3.14. The molecule has 0 bridgehead atoms. The zero-order chi connectivity index (χ0) is 15.7. The minimum Gasteiger partial charge on any atom is -0.336 e. The van der Waals surface area contributed by atoms with Gasteiger partial charge < -0.3 is 14.8 Å². The van der Waals surface area contributed by atoms with Crippen molar-refractivity contribution in [3.63, 3.8) is 0 Å². The Kier molecular flexibility index (Phi) is 4.52. The Labute approximate surface area is 138 Å². The highest BCUT2D eigenvalue weighted by Gasteiger charge is 2.33. The first-order chi connectivity index (χ1) is 10.6. The first kappa shape index (κ1) is 15.5. The minimum atomic E-state index is -0.182. The van der Waals surface area contributed by atoms with E-state index >= 15 is 0 Å². The van der Waals surface area contributed by atoms with Crippen molar-refractivity contribution in [1.29, 1.82) is 0 Å². The monoisotopic (exact) mass is 338 g/mol. The van der Waals surface area contributed by atoms with Gasteiger partial charge in [-0.1, -0.05) is 11.6 Å². The van der Waals surface area contributed by atoms with E-state index in [9.17, 15) is 4.79 Å². The molecular weight excluding hydrogens is 320 g/mol. The van der Waals surface area contributed by atoms with Gasteiger partial charge in [-0.2, -0.15) is 0 Å². The number of amides is 1. The molecule has 7 heteroatoms. The van der Waals surface area contributed by atoms with Gasteiger partial charge in [-0.25, -0.2) is 4.98 Å². The molecule has 2 unspecified atom stereocenters. The van der Waals surface area contributed by atoms with Gasteiger partial charge in [0.25, 0.3) is 0 Å². The van der Waals surface area contributed by atoms with E-state index in [-0.39, 0.29) is 17.9 Å². The number of rotatable bonds is 3. The molecule has 0 radical (unpaired) electrons. The zero-order valence-electron chi connectivity index (χ0n) is 12.6. The molecule has 3 rings (SSSR count). The van der Waals surface area contributed by atoms with Crippen LogP contribution in [0.5, 0.6) is 0 Å². The number of piperazine rings is 1. The summed E-state index contributed by atoms with van der Waals surface area (Å²) in [6.45, 7) is 4.18. The number of hydrogen-bond acceptors (Lipinski definition) is 4. The quantitative estimate of drug-likeness (QED) is 0.935. The van der Waals surface area contributed by atoms with Crippen molar-refractivity contribution in [1.82, 2.24) is 19.8 Å². The number of carbonyl (C=O) groups is 1. The Morgan fingerprint density at radius 2 is 2.36 bits per heavy atom. The highest BCUT2D eigenvalue weighted by Crippen LogP contribution is 2.31. The van der Waals surface area contributed by atoms with Crippen LogP contribution in [0, 0.1) is 0 Å². The molecule has 2 atom stereocenters. The fourth-order valence-electron chi connectivity index (χ4n) is 2.83. The Morgan fingerprint density at radius 3 is 3.00 bits per heavy atom. The molecule has 3 heterocycles. The number of aryl methyl sites for hydroxylation is 1. The maximum atomic E-state index is 12.9. The summed E-state index contributed by atoms with van der Waals surface area (Å²) in [5.41, 5.74) is 0. The number of imidazole rings is 1. The van der Waals surface area contributed by atoms with Gasteiger partial charge in [-0.05, 0) is 19.1 Å². The molecule has 5 nitrogen and oxygen atoms in total. The number of halogens is 1. The van der Waals surface area contributed by atoms with Gasteiger partial charge in [0.05, 0.1) is 10.3 Å². The molecule has 1 aliphatic heterocycles. The summed E-state index contributed by atoms with van der Waals surface area (Å²) in [4.78, 5) is 20.3. The lowest BCUT2D eigenvalue weighted by atomic mass is 10.1. The van der Waals surface area contributed by atoms with Crippen LogP contribution in [0.3, 0.4) is 0 Å². The summed E-state index contributed by atoms with van der Waals surface area (Å²) in [5.74, 6) is 0.864. The molecule has 0 spiro atoms. The second kappa shape index (κ2) is 6.40. The normalized spacial score (nSPS) is 20.1. The molecule has 118 valence electrons. The van der Waals surface area contributed by atoms with Crippen LogP contribution in [0.15, 0.2) is 24.5 Å². The second-order valence-electron chi connectivity index (χ2n) is 5.51. The van der Waals surface area contributed by atoms with Gasteiger partial charge in [0.1, 0.15) is 11.9 Å². The van der Waals surface area contributed by atoms with Crippen LogP contribution in [0.1, 0.15) is 29.6 Å². The Balaban J connectivity index is 1.84. The SMILES string of the molecule is CC(C(=O)N1CCNCC1c1nccn1C)c1ccc(Cl)s1. The molecule has 1 amide bonds. The van der Waals surface area contributed by atoms with Crippen LogP contribution < -0.4 is 5.32 Å². The lowest BCUT2D eigenvalue weighted by molar-refractivity contribution is -0.136. The van der Waals surface area contributed by atoms with Crippen molar-refractivity contribution in [2.24, 2.45) is 7.05 Å². The molecule has 1 fully saturated rings. The Morgan fingerprint density at radius 1 is 1.55 bits per heavy atom. The molecule has 0 aliphatic carbocycles. The largest absolute Gasteiger partial charge is 0.336 e. The second-order valence-corrected chi connectivity index (χ2v) is 7.26. The van der Waals surface area contributed by atoms with Gasteiger partial charge in [0.2, 0.25) is 5.91 Å². The fourth-order valence-corrected chi connectivity index (χ4v) is 3.93. The third kappa shape index (κ3) is 2.91. The summed E-state index contributed by atoms with van der Waals surface area (Å²) in [7, 11) is 1.96. The molecule has 0 saturated carbocycles. The third-order valence-electron chi connectivity index (χ3n) is 4.07. The number of carbonyl (C=O) groups excluding carboxylic acids is 1. The van der Waals surface area contributed by atoms with E-state index < -0.39 is 0 Å². The molecule has 1 saturated heterocycles. The number of aromatic nitrogens is 2. The summed E-state index contributed by atoms with van der Waals surface area (Å²) in [6.07, 6.45) is 3.68. The maximum Gasteiger partial charge on any atom is 0.231 e. The Hall–Kier alpha value is -1.37. The van der Waals surface area contributed by atoms with Crippen molar-refractivity contribution >= 4 is 28.8 Å². The lowest BCUT2D eigenvalue weighted by Gasteiger charge is -2.37. The van der Waals surface area contributed by atoms with E-state index in [0.717, 1.165) is 28.1 Å². The fraction of sp³-hybridized carbons (Fsp3) is 0.467. The molecule has 1 N–H and O–H groups in total. The predicted octanol–water partition coefficient (Wildman–Crippen LogP) is 2.41. The van der Waals surface area contributed by atoms with Crippen LogP contribution in [-0.2, 0) is 11.8 Å².